The number of hydrogen-bond acceptors (Lipinski definition) is 4. The molecule has 1 aromatic heterocycles. The van der Waals surface area contributed by atoms with Crippen LogP contribution in [0.3, 0.4) is 0 Å². The van der Waals surface area contributed by atoms with Crippen LogP contribution in [0.4, 0.5) is 32.2 Å². The number of nitrogens with zero attached hydrogens (tertiary/aromatic N) is 2. The second-order valence-corrected chi connectivity index (χ2v) is 6.80. The highest BCUT2D eigenvalue weighted by molar-refractivity contribution is 6.06. The van der Waals surface area contributed by atoms with Gasteiger partial charge < -0.3 is 14.8 Å². The predicted octanol–water partition coefficient (Wildman–Crippen LogP) is 5.39. The minimum atomic E-state index is -4.99. The SMILES string of the molecule is COc1ccc(C(=O)Nc2c(-c3cccc(C(F)(F)F)c3)c(C(F)(F)F)nn2C)cc1OC. The Balaban J connectivity index is 2.12. The third kappa shape index (κ3) is 4.89. The van der Waals surface area contributed by atoms with E-state index in [0.717, 1.165) is 29.9 Å². The number of anilines is 1. The molecule has 3 rings (SSSR count). The molecular weight excluding hydrogens is 456 g/mol. The maximum atomic E-state index is 13.7. The zero-order chi connectivity index (χ0) is 24.6. The largest absolute Gasteiger partial charge is 0.493 e. The van der Waals surface area contributed by atoms with Gasteiger partial charge in [0.1, 0.15) is 5.82 Å². The van der Waals surface area contributed by atoms with Crippen LogP contribution in [0.15, 0.2) is 42.5 Å². The number of carbonyl (C=O) groups is 1. The Morgan fingerprint density at radius 1 is 0.939 bits per heavy atom. The summed E-state index contributed by atoms with van der Waals surface area (Å²) in [7, 11) is 3.85. The molecule has 0 bridgehead atoms. The normalized spacial score (nSPS) is 11.9. The smallest absolute Gasteiger partial charge is 0.435 e. The van der Waals surface area contributed by atoms with E-state index in [9.17, 15) is 31.1 Å². The van der Waals surface area contributed by atoms with Crippen molar-refractivity contribution in [3.8, 4) is 22.6 Å². The van der Waals surface area contributed by atoms with Crippen molar-refractivity contribution in [3.05, 3.63) is 59.3 Å². The Bertz CT molecular complexity index is 1180. The number of aromatic nitrogens is 2. The van der Waals surface area contributed by atoms with Crippen LogP contribution in [0, 0.1) is 0 Å². The van der Waals surface area contributed by atoms with Gasteiger partial charge in [0.25, 0.3) is 5.91 Å². The highest BCUT2D eigenvalue weighted by Crippen LogP contribution is 2.42. The van der Waals surface area contributed by atoms with E-state index in [0.29, 0.717) is 11.8 Å². The Morgan fingerprint density at radius 3 is 2.18 bits per heavy atom. The zero-order valence-electron chi connectivity index (χ0n) is 17.4. The monoisotopic (exact) mass is 473 g/mol. The second-order valence-electron chi connectivity index (χ2n) is 6.80. The first-order valence-electron chi connectivity index (χ1n) is 9.22. The van der Waals surface area contributed by atoms with Gasteiger partial charge in [0.05, 0.1) is 25.3 Å². The summed E-state index contributed by atoms with van der Waals surface area (Å²) >= 11 is 0. The molecule has 0 radical (unpaired) electrons. The number of methoxy groups -OCH3 is 2. The van der Waals surface area contributed by atoms with E-state index in [1.54, 1.807) is 0 Å². The van der Waals surface area contributed by atoms with Gasteiger partial charge in [-0.1, -0.05) is 12.1 Å². The number of benzene rings is 2. The van der Waals surface area contributed by atoms with E-state index in [-0.39, 0.29) is 11.3 Å². The second kappa shape index (κ2) is 8.68. The summed E-state index contributed by atoms with van der Waals surface area (Å²) in [4.78, 5) is 12.8. The first kappa shape index (κ1) is 24.0. The molecule has 0 unspecified atom stereocenters. The number of hydrogen-bond donors (Lipinski definition) is 1. The van der Waals surface area contributed by atoms with Gasteiger partial charge >= 0.3 is 12.4 Å². The quantitative estimate of drug-likeness (QED) is 0.505. The fourth-order valence-electron chi connectivity index (χ4n) is 3.15. The van der Waals surface area contributed by atoms with Crippen molar-refractivity contribution in [2.45, 2.75) is 12.4 Å². The lowest BCUT2D eigenvalue weighted by molar-refractivity contribution is -0.141. The topological polar surface area (TPSA) is 65.4 Å². The highest BCUT2D eigenvalue weighted by atomic mass is 19.4. The molecule has 6 nitrogen and oxygen atoms in total. The molecule has 0 saturated heterocycles. The van der Waals surface area contributed by atoms with Crippen molar-refractivity contribution in [1.82, 2.24) is 9.78 Å². The first-order valence-corrected chi connectivity index (χ1v) is 9.22. The third-order valence-electron chi connectivity index (χ3n) is 4.67. The molecule has 1 amide bonds. The maximum Gasteiger partial charge on any atom is 0.435 e. The van der Waals surface area contributed by atoms with Gasteiger partial charge in [-0.05, 0) is 35.9 Å². The van der Waals surface area contributed by atoms with E-state index in [1.807, 2.05) is 0 Å². The van der Waals surface area contributed by atoms with Crippen molar-refractivity contribution in [2.75, 3.05) is 19.5 Å². The van der Waals surface area contributed by atoms with Crippen LogP contribution in [-0.2, 0) is 19.4 Å². The lowest BCUT2D eigenvalue weighted by atomic mass is 10.0. The molecule has 0 atom stereocenters. The fourth-order valence-corrected chi connectivity index (χ4v) is 3.15. The Labute approximate surface area is 183 Å². The fraction of sp³-hybridized carbons (Fsp3) is 0.238. The van der Waals surface area contributed by atoms with Crippen molar-refractivity contribution in [1.29, 1.82) is 0 Å². The van der Waals surface area contributed by atoms with Crippen molar-refractivity contribution >= 4 is 11.7 Å². The summed E-state index contributed by atoms with van der Waals surface area (Å²) in [5.41, 5.74) is -3.67. The summed E-state index contributed by atoms with van der Waals surface area (Å²) in [6.45, 7) is 0. The molecule has 2 aromatic carbocycles. The van der Waals surface area contributed by atoms with Gasteiger partial charge in [-0.3, -0.25) is 9.48 Å². The molecule has 0 fully saturated rings. The molecule has 0 spiro atoms. The summed E-state index contributed by atoms with van der Waals surface area (Å²) in [5, 5.41) is 5.73. The minimum Gasteiger partial charge on any atom is -0.493 e. The Kier molecular flexibility index (Phi) is 6.30. The van der Waals surface area contributed by atoms with Crippen LogP contribution < -0.4 is 14.8 Å². The van der Waals surface area contributed by atoms with Gasteiger partial charge in [-0.25, -0.2) is 0 Å². The molecule has 12 heteroatoms. The number of rotatable bonds is 5. The maximum absolute atomic E-state index is 13.7. The van der Waals surface area contributed by atoms with Crippen molar-refractivity contribution in [3.63, 3.8) is 0 Å². The van der Waals surface area contributed by atoms with Gasteiger partial charge in [-0.15, -0.1) is 0 Å². The van der Waals surface area contributed by atoms with E-state index in [1.165, 1.54) is 32.4 Å². The molecule has 0 saturated carbocycles. The minimum absolute atomic E-state index is 0.0115. The van der Waals surface area contributed by atoms with Gasteiger partial charge in [-0.2, -0.15) is 31.4 Å². The number of nitrogens with one attached hydrogen (secondary N) is 1. The molecule has 0 aliphatic carbocycles. The molecule has 3 aromatic rings. The van der Waals surface area contributed by atoms with E-state index in [2.05, 4.69) is 10.4 Å². The lowest BCUT2D eigenvalue weighted by Gasteiger charge is -2.13. The number of halogens is 6. The molecule has 1 heterocycles. The number of amides is 1. The van der Waals surface area contributed by atoms with E-state index < -0.39 is 46.5 Å². The molecular formula is C21H17F6N3O3. The molecule has 176 valence electrons. The van der Waals surface area contributed by atoms with Gasteiger partial charge in [0, 0.05) is 12.6 Å². The van der Waals surface area contributed by atoms with Gasteiger partial charge in [0.2, 0.25) is 0 Å². The average molecular weight is 473 g/mol. The summed E-state index contributed by atoms with van der Waals surface area (Å²) in [6.07, 6.45) is -9.77. The Morgan fingerprint density at radius 2 is 1.61 bits per heavy atom. The predicted molar refractivity (Wildman–Crippen MR) is 106 cm³/mol. The first-order chi connectivity index (χ1) is 15.4. The van der Waals surface area contributed by atoms with E-state index >= 15 is 0 Å². The lowest BCUT2D eigenvalue weighted by Crippen LogP contribution is -2.15. The highest BCUT2D eigenvalue weighted by Gasteiger charge is 2.40. The number of carbonyl (C=O) groups excluding carboxylic acids is 1. The zero-order valence-corrected chi connectivity index (χ0v) is 17.4. The average Bonchev–Trinajstić information content (AvgIpc) is 3.09. The molecule has 0 aliphatic rings. The molecule has 0 aliphatic heterocycles. The summed E-state index contributed by atoms with van der Waals surface area (Å²) < 4.78 is 91.4. The van der Waals surface area contributed by atoms with Crippen LogP contribution in [-0.4, -0.2) is 29.9 Å². The Hall–Kier alpha value is -3.70. The van der Waals surface area contributed by atoms with Crippen molar-refractivity contribution in [2.24, 2.45) is 7.05 Å². The van der Waals surface area contributed by atoms with E-state index in [4.69, 9.17) is 9.47 Å². The van der Waals surface area contributed by atoms with Gasteiger partial charge in [0.15, 0.2) is 17.2 Å². The number of aryl methyl sites for hydroxylation is 1. The third-order valence-corrected chi connectivity index (χ3v) is 4.67. The number of ether oxygens (including phenoxy) is 2. The molecule has 33 heavy (non-hydrogen) atoms. The number of alkyl halides is 6. The summed E-state index contributed by atoms with van der Waals surface area (Å²) in [5.74, 6) is -0.745. The van der Waals surface area contributed by atoms with Crippen LogP contribution in [0.25, 0.3) is 11.1 Å². The summed E-state index contributed by atoms with van der Waals surface area (Å²) in [6, 6.07) is 7.43. The molecule has 1 N–H and O–H groups in total. The van der Waals surface area contributed by atoms with Crippen LogP contribution >= 0.6 is 0 Å². The standard InChI is InChI=1S/C21H17F6N3O3/c1-30-18(28-19(31)12-7-8-14(32-2)15(10-12)33-3)16(17(29-30)21(25,26)27)11-5-4-6-13(9-11)20(22,23)24/h4-10H,1-3H3,(H,28,31). The van der Waals surface area contributed by atoms with Crippen LogP contribution in [0.1, 0.15) is 21.6 Å². The van der Waals surface area contributed by atoms with Crippen LogP contribution in [0.5, 0.6) is 11.5 Å². The van der Waals surface area contributed by atoms with Crippen molar-refractivity contribution < 1.29 is 40.6 Å². The van der Waals surface area contributed by atoms with Crippen LogP contribution in [0.2, 0.25) is 0 Å².